The third kappa shape index (κ3) is 2.67. The van der Waals surface area contributed by atoms with E-state index < -0.39 is 0 Å². The smallest absolute Gasteiger partial charge is 0.0612 e. The van der Waals surface area contributed by atoms with Gasteiger partial charge in [-0.3, -0.25) is 0 Å². The molecule has 1 saturated heterocycles. The monoisotopic (exact) mass is 250 g/mol. The van der Waals surface area contributed by atoms with Crippen molar-refractivity contribution in [1.82, 2.24) is 0 Å². The summed E-state index contributed by atoms with van der Waals surface area (Å²) in [6.07, 6.45) is 2.63. The number of ether oxygens (including phenoxy) is 2. The summed E-state index contributed by atoms with van der Waals surface area (Å²) in [5.74, 6) is 0. The Hall–Kier alpha value is 0.400. The van der Waals surface area contributed by atoms with Gasteiger partial charge in [0.1, 0.15) is 0 Å². The average Bonchev–Trinajstić information content (AvgIpc) is 2.49. The van der Waals surface area contributed by atoms with E-state index in [4.69, 9.17) is 9.47 Å². The molecule has 0 N–H and O–H groups in total. The molecule has 13 heavy (non-hydrogen) atoms. The Morgan fingerprint density at radius 1 is 1.62 bits per heavy atom. The Morgan fingerprint density at radius 2 is 2.38 bits per heavy atom. The molecule has 0 aromatic heterocycles. The first kappa shape index (κ1) is 11.5. The summed E-state index contributed by atoms with van der Waals surface area (Å²) in [4.78, 5) is 0. The molecular formula is C10H19BrO2. The van der Waals surface area contributed by atoms with E-state index in [1.54, 1.807) is 0 Å². The van der Waals surface area contributed by atoms with Gasteiger partial charge in [0, 0.05) is 30.6 Å². The van der Waals surface area contributed by atoms with Crippen LogP contribution < -0.4 is 0 Å². The molecule has 0 saturated carbocycles. The Labute approximate surface area is 89.1 Å². The normalized spacial score (nSPS) is 33.9. The van der Waals surface area contributed by atoms with Crippen molar-refractivity contribution in [2.24, 2.45) is 5.41 Å². The summed E-state index contributed by atoms with van der Waals surface area (Å²) in [5, 5.41) is 1.02. The molecule has 0 radical (unpaired) electrons. The highest BCUT2D eigenvalue weighted by Crippen LogP contribution is 2.39. The third-order valence-electron chi connectivity index (χ3n) is 3.04. The van der Waals surface area contributed by atoms with Crippen molar-refractivity contribution in [2.45, 2.75) is 32.8 Å². The Morgan fingerprint density at radius 3 is 2.85 bits per heavy atom. The summed E-state index contributed by atoms with van der Waals surface area (Å²) < 4.78 is 11.0. The van der Waals surface area contributed by atoms with Gasteiger partial charge in [0.2, 0.25) is 0 Å². The molecule has 0 spiro atoms. The SMILES string of the molecule is CCOCCC1(CBr)CCOC1C. The third-order valence-corrected chi connectivity index (χ3v) is 4.16. The lowest BCUT2D eigenvalue weighted by Gasteiger charge is -2.29. The van der Waals surface area contributed by atoms with Gasteiger partial charge in [0.15, 0.2) is 0 Å². The second-order valence-electron chi connectivity index (χ2n) is 3.71. The fourth-order valence-corrected chi connectivity index (χ4v) is 2.83. The lowest BCUT2D eigenvalue weighted by Crippen LogP contribution is -2.31. The van der Waals surface area contributed by atoms with Gasteiger partial charge in [-0.25, -0.2) is 0 Å². The van der Waals surface area contributed by atoms with Crippen LogP contribution in [0.5, 0.6) is 0 Å². The fraction of sp³-hybridized carbons (Fsp3) is 1.00. The van der Waals surface area contributed by atoms with Crippen LogP contribution in [0.4, 0.5) is 0 Å². The first-order valence-electron chi connectivity index (χ1n) is 5.00. The van der Waals surface area contributed by atoms with E-state index in [2.05, 4.69) is 22.9 Å². The minimum Gasteiger partial charge on any atom is -0.382 e. The molecule has 78 valence electrons. The van der Waals surface area contributed by atoms with Gasteiger partial charge in [-0.1, -0.05) is 15.9 Å². The second kappa shape index (κ2) is 5.32. The van der Waals surface area contributed by atoms with E-state index in [0.717, 1.165) is 38.0 Å². The molecule has 0 bridgehead atoms. The van der Waals surface area contributed by atoms with E-state index in [1.807, 2.05) is 6.92 Å². The quantitative estimate of drug-likeness (QED) is 0.552. The highest BCUT2D eigenvalue weighted by molar-refractivity contribution is 9.09. The van der Waals surface area contributed by atoms with Crippen molar-refractivity contribution in [2.75, 3.05) is 25.2 Å². The summed E-state index contributed by atoms with van der Waals surface area (Å²) in [7, 11) is 0. The van der Waals surface area contributed by atoms with Crippen molar-refractivity contribution >= 4 is 15.9 Å². The first-order valence-corrected chi connectivity index (χ1v) is 6.12. The number of hydrogen-bond donors (Lipinski definition) is 0. The molecule has 1 fully saturated rings. The van der Waals surface area contributed by atoms with Crippen LogP contribution in [-0.2, 0) is 9.47 Å². The maximum atomic E-state index is 5.60. The van der Waals surface area contributed by atoms with E-state index >= 15 is 0 Å². The van der Waals surface area contributed by atoms with Crippen LogP contribution >= 0.6 is 15.9 Å². The van der Waals surface area contributed by atoms with Crippen LogP contribution in [-0.4, -0.2) is 31.3 Å². The van der Waals surface area contributed by atoms with Crippen molar-refractivity contribution in [3.63, 3.8) is 0 Å². The molecule has 0 aromatic rings. The van der Waals surface area contributed by atoms with Gasteiger partial charge in [-0.15, -0.1) is 0 Å². The van der Waals surface area contributed by atoms with Gasteiger partial charge < -0.3 is 9.47 Å². The van der Waals surface area contributed by atoms with Crippen LogP contribution in [0.15, 0.2) is 0 Å². The summed E-state index contributed by atoms with van der Waals surface area (Å²) in [5.41, 5.74) is 0.315. The van der Waals surface area contributed by atoms with E-state index in [0.29, 0.717) is 11.5 Å². The molecule has 1 aliphatic rings. The minimum absolute atomic E-state index is 0.315. The van der Waals surface area contributed by atoms with Crippen molar-refractivity contribution in [1.29, 1.82) is 0 Å². The van der Waals surface area contributed by atoms with Gasteiger partial charge in [-0.05, 0) is 26.7 Å². The lowest BCUT2D eigenvalue weighted by molar-refractivity contribution is 0.0474. The maximum absolute atomic E-state index is 5.60. The second-order valence-corrected chi connectivity index (χ2v) is 4.27. The number of alkyl halides is 1. The topological polar surface area (TPSA) is 18.5 Å². The average molecular weight is 251 g/mol. The predicted octanol–water partition coefficient (Wildman–Crippen LogP) is 2.60. The molecule has 1 heterocycles. The van der Waals surface area contributed by atoms with Gasteiger partial charge >= 0.3 is 0 Å². The Balaban J connectivity index is 2.39. The molecule has 1 aliphatic heterocycles. The molecule has 0 aromatic carbocycles. The van der Waals surface area contributed by atoms with Crippen molar-refractivity contribution in [3.8, 4) is 0 Å². The molecule has 0 amide bonds. The zero-order chi connectivity index (χ0) is 9.73. The summed E-state index contributed by atoms with van der Waals surface area (Å²) in [6.45, 7) is 6.78. The molecule has 2 nitrogen and oxygen atoms in total. The van der Waals surface area contributed by atoms with Crippen LogP contribution in [0.3, 0.4) is 0 Å². The van der Waals surface area contributed by atoms with Gasteiger partial charge in [0.25, 0.3) is 0 Å². The predicted molar refractivity (Wildman–Crippen MR) is 57.4 cm³/mol. The Kier molecular flexibility index (Phi) is 4.70. The Bertz CT molecular complexity index is 152. The van der Waals surface area contributed by atoms with Crippen LogP contribution in [0.25, 0.3) is 0 Å². The molecule has 2 atom stereocenters. The lowest BCUT2D eigenvalue weighted by atomic mass is 9.81. The maximum Gasteiger partial charge on any atom is 0.0612 e. The molecule has 2 unspecified atom stereocenters. The zero-order valence-corrected chi connectivity index (χ0v) is 10.1. The highest BCUT2D eigenvalue weighted by Gasteiger charge is 2.39. The highest BCUT2D eigenvalue weighted by atomic mass is 79.9. The molecule has 1 rings (SSSR count). The van der Waals surface area contributed by atoms with E-state index in [9.17, 15) is 0 Å². The van der Waals surface area contributed by atoms with Crippen LogP contribution in [0.1, 0.15) is 26.7 Å². The number of hydrogen-bond acceptors (Lipinski definition) is 2. The fourth-order valence-electron chi connectivity index (χ4n) is 1.81. The number of rotatable bonds is 5. The van der Waals surface area contributed by atoms with Crippen molar-refractivity contribution in [3.05, 3.63) is 0 Å². The standard InChI is InChI=1S/C10H19BrO2/c1-3-12-6-4-10(8-11)5-7-13-9(10)2/h9H,3-8H2,1-2H3. The molecule has 3 heteroatoms. The van der Waals surface area contributed by atoms with E-state index in [-0.39, 0.29) is 0 Å². The van der Waals surface area contributed by atoms with Gasteiger partial charge in [0.05, 0.1) is 6.10 Å². The summed E-state index contributed by atoms with van der Waals surface area (Å²) in [6, 6.07) is 0. The summed E-state index contributed by atoms with van der Waals surface area (Å²) >= 11 is 3.59. The van der Waals surface area contributed by atoms with Crippen LogP contribution in [0.2, 0.25) is 0 Å². The minimum atomic E-state index is 0.315. The molecular weight excluding hydrogens is 232 g/mol. The number of halogens is 1. The first-order chi connectivity index (χ1) is 6.25. The van der Waals surface area contributed by atoms with Gasteiger partial charge in [-0.2, -0.15) is 0 Å². The van der Waals surface area contributed by atoms with Crippen molar-refractivity contribution < 1.29 is 9.47 Å². The largest absolute Gasteiger partial charge is 0.382 e. The molecule has 0 aliphatic carbocycles. The zero-order valence-electron chi connectivity index (χ0n) is 8.51. The van der Waals surface area contributed by atoms with Crippen LogP contribution in [0, 0.1) is 5.41 Å². The van der Waals surface area contributed by atoms with E-state index in [1.165, 1.54) is 0 Å².